The van der Waals surface area contributed by atoms with Crippen molar-refractivity contribution in [2.24, 2.45) is 0 Å². The molecule has 8 nitrogen and oxygen atoms in total. The van der Waals surface area contributed by atoms with Crippen LogP contribution in [0.5, 0.6) is 0 Å². The van der Waals surface area contributed by atoms with Crippen molar-refractivity contribution in [3.8, 4) is 5.69 Å². The zero-order valence-corrected chi connectivity index (χ0v) is 16.5. The summed E-state index contributed by atoms with van der Waals surface area (Å²) in [4.78, 5) is 14.6. The molecule has 0 spiro atoms. The lowest BCUT2D eigenvalue weighted by atomic mass is 10.1. The predicted octanol–water partition coefficient (Wildman–Crippen LogP) is 2.52. The van der Waals surface area contributed by atoms with E-state index in [2.05, 4.69) is 20.8 Å². The van der Waals surface area contributed by atoms with Gasteiger partial charge in [-0.3, -0.25) is 4.79 Å². The van der Waals surface area contributed by atoms with Crippen LogP contribution in [0.15, 0.2) is 54.6 Å². The fourth-order valence-electron chi connectivity index (χ4n) is 3.52. The summed E-state index contributed by atoms with van der Waals surface area (Å²) in [7, 11) is 0. The van der Waals surface area contributed by atoms with Crippen LogP contribution in [-0.2, 0) is 11.3 Å². The van der Waals surface area contributed by atoms with Gasteiger partial charge >= 0.3 is 0 Å². The normalized spacial score (nSPS) is 19.2. The third-order valence-corrected chi connectivity index (χ3v) is 4.82. The average molecular weight is 392 g/mol. The summed E-state index contributed by atoms with van der Waals surface area (Å²) in [6.07, 6.45) is 0.110. The van der Waals surface area contributed by atoms with Crippen LogP contribution in [0.4, 0.5) is 5.69 Å². The van der Waals surface area contributed by atoms with Crippen LogP contribution >= 0.6 is 0 Å². The first-order valence-electron chi connectivity index (χ1n) is 9.71. The van der Waals surface area contributed by atoms with Gasteiger partial charge in [0.1, 0.15) is 0 Å². The third kappa shape index (κ3) is 4.43. The zero-order valence-electron chi connectivity index (χ0n) is 16.5. The Morgan fingerprint density at radius 2 is 1.76 bits per heavy atom. The second-order valence-corrected chi connectivity index (χ2v) is 7.24. The minimum Gasteiger partial charge on any atom is -0.378 e. The molecule has 1 aliphatic heterocycles. The minimum atomic E-state index is 0.0339. The number of para-hydroxylation sites is 1. The topological polar surface area (TPSA) is 85.2 Å². The van der Waals surface area contributed by atoms with E-state index in [-0.39, 0.29) is 18.1 Å². The molecule has 150 valence electrons. The number of aromatic nitrogens is 4. The summed E-state index contributed by atoms with van der Waals surface area (Å²) in [5, 5.41) is 15.2. The lowest BCUT2D eigenvalue weighted by Gasteiger charge is -2.35. The predicted molar refractivity (Wildman–Crippen MR) is 109 cm³/mol. The highest BCUT2D eigenvalue weighted by atomic mass is 16.5. The summed E-state index contributed by atoms with van der Waals surface area (Å²) in [6, 6.07) is 17.2. The number of nitrogens with one attached hydrogen (secondary N) is 1. The molecule has 2 atom stereocenters. The Balaban J connectivity index is 1.40. The van der Waals surface area contributed by atoms with Crippen LogP contribution in [0.3, 0.4) is 0 Å². The van der Waals surface area contributed by atoms with Gasteiger partial charge in [0.2, 0.25) is 0 Å². The lowest BCUT2D eigenvalue weighted by molar-refractivity contribution is -0.0586. The molecule has 1 saturated heterocycles. The number of ether oxygens (including phenoxy) is 1. The molecule has 8 heteroatoms. The molecule has 0 saturated carbocycles. The molecular weight excluding hydrogens is 368 g/mol. The van der Waals surface area contributed by atoms with Crippen molar-refractivity contribution < 1.29 is 9.53 Å². The highest BCUT2D eigenvalue weighted by molar-refractivity contribution is 5.94. The Labute approximate surface area is 169 Å². The molecule has 1 aromatic heterocycles. The van der Waals surface area contributed by atoms with Crippen LogP contribution in [0, 0.1) is 0 Å². The van der Waals surface area contributed by atoms with Gasteiger partial charge in [0.15, 0.2) is 5.82 Å². The number of hydrogen-bond acceptors (Lipinski definition) is 6. The maximum atomic E-state index is 12.8. The number of morpholine rings is 1. The molecule has 0 radical (unpaired) electrons. The number of benzene rings is 2. The molecule has 1 N–H and O–H groups in total. The highest BCUT2D eigenvalue weighted by Crippen LogP contribution is 2.17. The Kier molecular flexibility index (Phi) is 5.53. The smallest absolute Gasteiger partial charge is 0.254 e. The number of carbonyl (C=O) groups is 1. The Bertz CT molecular complexity index is 947. The second kappa shape index (κ2) is 8.40. The molecule has 29 heavy (non-hydrogen) atoms. The van der Waals surface area contributed by atoms with E-state index in [1.54, 1.807) is 4.68 Å². The monoisotopic (exact) mass is 392 g/mol. The molecule has 0 bridgehead atoms. The first kappa shape index (κ1) is 19.1. The second-order valence-electron chi connectivity index (χ2n) is 7.24. The number of anilines is 1. The molecular formula is C21H24N6O2. The fraction of sp³-hybridized carbons (Fsp3) is 0.333. The molecule has 0 aliphatic carbocycles. The van der Waals surface area contributed by atoms with E-state index in [4.69, 9.17) is 4.74 Å². The van der Waals surface area contributed by atoms with E-state index in [1.165, 1.54) is 0 Å². The van der Waals surface area contributed by atoms with Crippen molar-refractivity contribution in [3.63, 3.8) is 0 Å². The standard InChI is InChI=1S/C21H24N6O2/c1-15-13-26(14-16(2)29-15)21(28)17-8-10-18(11-9-17)22-12-20-23-24-25-27(20)19-6-4-3-5-7-19/h3-11,15-16,22H,12-14H2,1-2H3. The van der Waals surface area contributed by atoms with Gasteiger partial charge in [0.05, 0.1) is 24.4 Å². The van der Waals surface area contributed by atoms with Crippen LogP contribution in [0.2, 0.25) is 0 Å². The summed E-state index contributed by atoms with van der Waals surface area (Å²) in [5.41, 5.74) is 2.48. The molecule has 4 rings (SSSR count). The van der Waals surface area contributed by atoms with Gasteiger partial charge in [0, 0.05) is 24.3 Å². The van der Waals surface area contributed by atoms with Gasteiger partial charge in [-0.1, -0.05) is 18.2 Å². The summed E-state index contributed by atoms with van der Waals surface area (Å²) < 4.78 is 7.41. The maximum absolute atomic E-state index is 12.8. The van der Waals surface area contributed by atoms with Crippen molar-refractivity contribution >= 4 is 11.6 Å². The van der Waals surface area contributed by atoms with Gasteiger partial charge < -0.3 is 15.0 Å². The molecule has 2 unspecified atom stereocenters. The summed E-state index contributed by atoms with van der Waals surface area (Å²) >= 11 is 0. The quantitative estimate of drug-likeness (QED) is 0.718. The Morgan fingerprint density at radius 1 is 1.07 bits per heavy atom. The third-order valence-electron chi connectivity index (χ3n) is 4.82. The number of carbonyl (C=O) groups excluding carboxylic acids is 1. The van der Waals surface area contributed by atoms with E-state index in [9.17, 15) is 4.79 Å². The average Bonchev–Trinajstić information content (AvgIpc) is 3.21. The highest BCUT2D eigenvalue weighted by Gasteiger charge is 2.26. The van der Waals surface area contributed by atoms with Gasteiger partial charge in [-0.05, 0) is 60.7 Å². The molecule has 1 aliphatic rings. The molecule has 3 aromatic rings. The van der Waals surface area contributed by atoms with Crippen molar-refractivity contribution in [2.75, 3.05) is 18.4 Å². The molecule has 2 heterocycles. The molecule has 1 amide bonds. The molecule has 1 fully saturated rings. The SMILES string of the molecule is CC1CN(C(=O)c2ccc(NCc3nnnn3-c3ccccc3)cc2)CC(C)O1. The number of nitrogens with zero attached hydrogens (tertiary/aromatic N) is 5. The van der Waals surface area contributed by atoms with Crippen molar-refractivity contribution in [1.29, 1.82) is 0 Å². The minimum absolute atomic E-state index is 0.0339. The first-order valence-corrected chi connectivity index (χ1v) is 9.71. The van der Waals surface area contributed by atoms with Crippen molar-refractivity contribution in [3.05, 3.63) is 66.0 Å². The summed E-state index contributed by atoms with van der Waals surface area (Å²) in [5.74, 6) is 0.735. The molecule has 2 aromatic carbocycles. The maximum Gasteiger partial charge on any atom is 0.254 e. The lowest BCUT2D eigenvalue weighted by Crippen LogP contribution is -2.48. The number of rotatable bonds is 5. The Hall–Kier alpha value is -3.26. The fourth-order valence-corrected chi connectivity index (χ4v) is 3.52. The van der Waals surface area contributed by atoms with E-state index in [1.807, 2.05) is 73.3 Å². The van der Waals surface area contributed by atoms with Crippen LogP contribution < -0.4 is 5.32 Å². The van der Waals surface area contributed by atoms with E-state index >= 15 is 0 Å². The largest absolute Gasteiger partial charge is 0.378 e. The van der Waals surface area contributed by atoms with Gasteiger partial charge in [-0.25, -0.2) is 0 Å². The summed E-state index contributed by atoms with van der Waals surface area (Å²) in [6.45, 7) is 5.68. The van der Waals surface area contributed by atoms with E-state index in [0.29, 0.717) is 31.0 Å². The van der Waals surface area contributed by atoms with Crippen LogP contribution in [-0.4, -0.2) is 56.3 Å². The van der Waals surface area contributed by atoms with Gasteiger partial charge in [0.25, 0.3) is 5.91 Å². The number of tetrazole rings is 1. The van der Waals surface area contributed by atoms with E-state index < -0.39 is 0 Å². The van der Waals surface area contributed by atoms with Crippen molar-refractivity contribution in [2.45, 2.75) is 32.6 Å². The van der Waals surface area contributed by atoms with Crippen LogP contribution in [0.1, 0.15) is 30.0 Å². The zero-order chi connectivity index (χ0) is 20.2. The van der Waals surface area contributed by atoms with Crippen LogP contribution in [0.25, 0.3) is 5.69 Å². The number of amides is 1. The van der Waals surface area contributed by atoms with Gasteiger partial charge in [-0.2, -0.15) is 4.68 Å². The first-order chi connectivity index (χ1) is 14.1. The van der Waals surface area contributed by atoms with Crippen molar-refractivity contribution in [1.82, 2.24) is 25.1 Å². The number of hydrogen-bond donors (Lipinski definition) is 1. The Morgan fingerprint density at radius 3 is 2.45 bits per heavy atom. The van der Waals surface area contributed by atoms with Gasteiger partial charge in [-0.15, -0.1) is 5.10 Å². The van der Waals surface area contributed by atoms with E-state index in [0.717, 1.165) is 11.4 Å².